The zero-order chi connectivity index (χ0) is 13.6. The first-order chi connectivity index (χ1) is 7.71. The number of nitrogens with two attached hydrogens (primary N) is 1. The summed E-state index contributed by atoms with van der Waals surface area (Å²) in [6, 6.07) is 1.00. The Morgan fingerprint density at radius 1 is 1.18 bits per heavy atom. The van der Waals surface area contributed by atoms with Crippen molar-refractivity contribution >= 4 is 0 Å². The van der Waals surface area contributed by atoms with Crippen molar-refractivity contribution in [3.05, 3.63) is 0 Å². The van der Waals surface area contributed by atoms with Crippen LogP contribution in [0.3, 0.4) is 0 Å². The second-order valence-corrected chi connectivity index (χ2v) is 6.25. The minimum atomic E-state index is 0.165. The Morgan fingerprint density at radius 2 is 1.71 bits per heavy atom. The predicted molar refractivity (Wildman–Crippen MR) is 77.3 cm³/mol. The van der Waals surface area contributed by atoms with Gasteiger partial charge in [0.15, 0.2) is 0 Å². The highest BCUT2D eigenvalue weighted by molar-refractivity contribution is 4.90. The van der Waals surface area contributed by atoms with E-state index in [0.717, 1.165) is 13.1 Å². The van der Waals surface area contributed by atoms with Crippen LogP contribution >= 0.6 is 0 Å². The summed E-state index contributed by atoms with van der Waals surface area (Å²) in [5.41, 5.74) is 5.83. The molecule has 0 bridgehead atoms. The van der Waals surface area contributed by atoms with E-state index in [1.807, 2.05) is 0 Å². The van der Waals surface area contributed by atoms with Crippen LogP contribution in [0.5, 0.6) is 0 Å². The summed E-state index contributed by atoms with van der Waals surface area (Å²) >= 11 is 0. The van der Waals surface area contributed by atoms with E-state index in [9.17, 15) is 0 Å². The van der Waals surface area contributed by atoms with Crippen LogP contribution in [-0.2, 0) is 0 Å². The highest BCUT2D eigenvalue weighted by Gasteiger charge is 2.30. The maximum atomic E-state index is 5.66. The Kier molecular flexibility index (Phi) is 7.29. The molecule has 3 N–H and O–H groups in total. The summed E-state index contributed by atoms with van der Waals surface area (Å²) in [4.78, 5) is 2.44. The molecule has 3 heteroatoms. The van der Waals surface area contributed by atoms with Gasteiger partial charge in [-0.2, -0.15) is 0 Å². The van der Waals surface area contributed by atoms with Crippen molar-refractivity contribution in [3.63, 3.8) is 0 Å². The first kappa shape index (κ1) is 16.9. The van der Waals surface area contributed by atoms with Crippen LogP contribution < -0.4 is 11.1 Å². The number of nitrogens with one attached hydrogen (secondary N) is 1. The highest BCUT2D eigenvalue weighted by atomic mass is 15.2. The van der Waals surface area contributed by atoms with E-state index in [2.05, 4.69) is 58.8 Å². The number of hydrogen-bond donors (Lipinski definition) is 2. The van der Waals surface area contributed by atoms with Crippen molar-refractivity contribution in [2.24, 2.45) is 11.7 Å². The van der Waals surface area contributed by atoms with Crippen molar-refractivity contribution in [1.82, 2.24) is 10.2 Å². The third kappa shape index (κ3) is 5.84. The molecule has 0 radical (unpaired) electrons. The van der Waals surface area contributed by atoms with Crippen LogP contribution in [0, 0.1) is 5.92 Å². The topological polar surface area (TPSA) is 41.3 Å². The average Bonchev–Trinajstić information content (AvgIpc) is 2.23. The SMILES string of the molecule is CC(CN)CCN(C)C(C)(C)C(C)NC(C)C. The predicted octanol–water partition coefficient (Wildman–Crippen LogP) is 2.07. The molecular weight excluding hydrogens is 210 g/mol. The highest BCUT2D eigenvalue weighted by Crippen LogP contribution is 2.19. The Labute approximate surface area is 108 Å². The molecule has 0 saturated heterocycles. The smallest absolute Gasteiger partial charge is 0.0300 e. The zero-order valence-corrected chi connectivity index (χ0v) is 12.9. The number of hydrogen-bond acceptors (Lipinski definition) is 3. The van der Waals surface area contributed by atoms with Gasteiger partial charge in [-0.1, -0.05) is 20.8 Å². The van der Waals surface area contributed by atoms with Crippen LogP contribution in [-0.4, -0.2) is 42.7 Å². The van der Waals surface area contributed by atoms with E-state index >= 15 is 0 Å². The summed E-state index contributed by atoms with van der Waals surface area (Å²) < 4.78 is 0. The quantitative estimate of drug-likeness (QED) is 0.686. The fourth-order valence-corrected chi connectivity index (χ4v) is 1.85. The molecule has 2 unspecified atom stereocenters. The summed E-state index contributed by atoms with van der Waals surface area (Å²) in [5.74, 6) is 0.613. The van der Waals surface area contributed by atoms with Gasteiger partial charge < -0.3 is 11.1 Å². The van der Waals surface area contributed by atoms with Gasteiger partial charge in [0.25, 0.3) is 0 Å². The Bertz CT molecular complexity index is 202. The standard InChI is InChI=1S/C14H33N3/c1-11(2)16-13(4)14(5,6)17(7)9-8-12(3)10-15/h11-13,16H,8-10,15H2,1-7H3. The Balaban J connectivity index is 4.27. The molecule has 104 valence electrons. The third-order valence-corrected chi connectivity index (χ3v) is 3.99. The second-order valence-electron chi connectivity index (χ2n) is 6.25. The molecule has 0 aromatic rings. The number of nitrogens with zero attached hydrogens (tertiary/aromatic N) is 1. The lowest BCUT2D eigenvalue weighted by molar-refractivity contribution is 0.106. The van der Waals surface area contributed by atoms with E-state index < -0.39 is 0 Å². The third-order valence-electron chi connectivity index (χ3n) is 3.99. The Hall–Kier alpha value is -0.120. The second kappa shape index (κ2) is 7.34. The molecule has 0 saturated carbocycles. The molecule has 3 nitrogen and oxygen atoms in total. The molecule has 2 atom stereocenters. The van der Waals surface area contributed by atoms with Gasteiger partial charge in [0, 0.05) is 17.6 Å². The summed E-state index contributed by atoms with van der Waals surface area (Å²) in [5, 5.41) is 3.60. The number of likely N-dealkylation sites (N-methyl/N-ethyl adjacent to an activating group) is 1. The Morgan fingerprint density at radius 3 is 2.12 bits per heavy atom. The maximum absolute atomic E-state index is 5.66. The number of rotatable bonds is 8. The molecule has 0 aliphatic rings. The van der Waals surface area contributed by atoms with Crippen molar-refractivity contribution in [3.8, 4) is 0 Å². The zero-order valence-electron chi connectivity index (χ0n) is 12.9. The van der Waals surface area contributed by atoms with Gasteiger partial charge in [-0.15, -0.1) is 0 Å². The first-order valence-electron chi connectivity index (χ1n) is 6.89. The van der Waals surface area contributed by atoms with Gasteiger partial charge in [0.05, 0.1) is 0 Å². The van der Waals surface area contributed by atoms with E-state index in [1.54, 1.807) is 0 Å². The van der Waals surface area contributed by atoms with Gasteiger partial charge >= 0.3 is 0 Å². The molecule has 0 amide bonds. The lowest BCUT2D eigenvalue weighted by Gasteiger charge is -2.42. The molecular formula is C14H33N3. The van der Waals surface area contributed by atoms with Gasteiger partial charge in [-0.3, -0.25) is 4.90 Å². The molecule has 0 spiro atoms. The van der Waals surface area contributed by atoms with E-state index in [0.29, 0.717) is 18.0 Å². The lowest BCUT2D eigenvalue weighted by atomic mass is 9.92. The van der Waals surface area contributed by atoms with Gasteiger partial charge in [0.2, 0.25) is 0 Å². The first-order valence-corrected chi connectivity index (χ1v) is 6.89. The van der Waals surface area contributed by atoms with E-state index in [-0.39, 0.29) is 5.54 Å². The molecule has 0 fully saturated rings. The van der Waals surface area contributed by atoms with Crippen LogP contribution in [0.15, 0.2) is 0 Å². The summed E-state index contributed by atoms with van der Waals surface area (Å²) in [7, 11) is 2.21. The fraction of sp³-hybridized carbons (Fsp3) is 1.00. The molecule has 0 rings (SSSR count). The van der Waals surface area contributed by atoms with Crippen molar-refractivity contribution < 1.29 is 0 Å². The maximum Gasteiger partial charge on any atom is 0.0300 e. The van der Waals surface area contributed by atoms with Crippen LogP contribution in [0.4, 0.5) is 0 Å². The van der Waals surface area contributed by atoms with Crippen LogP contribution in [0.2, 0.25) is 0 Å². The monoisotopic (exact) mass is 243 g/mol. The minimum absolute atomic E-state index is 0.165. The molecule has 0 aliphatic carbocycles. The van der Waals surface area contributed by atoms with Crippen molar-refractivity contribution in [2.45, 2.75) is 65.6 Å². The molecule has 0 aromatic heterocycles. The van der Waals surface area contributed by atoms with Gasteiger partial charge in [-0.25, -0.2) is 0 Å². The molecule has 0 aliphatic heterocycles. The summed E-state index contributed by atoms with van der Waals surface area (Å²) in [6.07, 6.45) is 1.17. The van der Waals surface area contributed by atoms with Gasteiger partial charge in [-0.05, 0) is 53.2 Å². The largest absolute Gasteiger partial charge is 0.330 e. The molecule has 17 heavy (non-hydrogen) atoms. The van der Waals surface area contributed by atoms with Crippen molar-refractivity contribution in [1.29, 1.82) is 0 Å². The molecule has 0 aromatic carbocycles. The lowest BCUT2D eigenvalue weighted by Crippen LogP contribution is -2.56. The van der Waals surface area contributed by atoms with Crippen LogP contribution in [0.1, 0.15) is 48.0 Å². The van der Waals surface area contributed by atoms with E-state index in [1.165, 1.54) is 6.42 Å². The molecule has 0 heterocycles. The summed E-state index contributed by atoms with van der Waals surface area (Å²) in [6.45, 7) is 15.4. The minimum Gasteiger partial charge on any atom is -0.330 e. The fourth-order valence-electron chi connectivity index (χ4n) is 1.85. The van der Waals surface area contributed by atoms with Crippen LogP contribution in [0.25, 0.3) is 0 Å². The normalized spacial score (nSPS) is 16.6. The average molecular weight is 243 g/mol. The van der Waals surface area contributed by atoms with Crippen molar-refractivity contribution in [2.75, 3.05) is 20.1 Å². The van der Waals surface area contributed by atoms with Gasteiger partial charge in [0.1, 0.15) is 0 Å². The van der Waals surface area contributed by atoms with E-state index in [4.69, 9.17) is 5.73 Å².